The monoisotopic (exact) mass is 523 g/mol. The van der Waals surface area contributed by atoms with Crippen molar-refractivity contribution in [3.63, 3.8) is 0 Å². The van der Waals surface area contributed by atoms with Crippen molar-refractivity contribution in [3.8, 4) is 5.75 Å². The van der Waals surface area contributed by atoms with E-state index in [9.17, 15) is 19.1 Å². The number of nitrogens with one attached hydrogen (secondary N) is 2. The van der Waals surface area contributed by atoms with E-state index in [1.165, 1.54) is 31.4 Å². The minimum atomic E-state index is -0.772. The largest absolute Gasteiger partial charge is 0.484 e. The number of rotatable bonds is 7. The minimum Gasteiger partial charge on any atom is -0.484 e. The first kappa shape index (κ1) is 25.7. The highest BCUT2D eigenvalue weighted by atomic mass is 35.5. The highest BCUT2D eigenvalue weighted by Crippen LogP contribution is 2.47. The van der Waals surface area contributed by atoms with E-state index in [-0.39, 0.29) is 29.2 Å². The first-order valence-electron chi connectivity index (χ1n) is 13.1. The van der Waals surface area contributed by atoms with Gasteiger partial charge in [0.25, 0.3) is 11.8 Å². The number of halogens is 2. The van der Waals surface area contributed by atoms with Gasteiger partial charge in [0, 0.05) is 24.2 Å². The summed E-state index contributed by atoms with van der Waals surface area (Å²) >= 11 is 5.68. The molecule has 4 aliphatic carbocycles. The first-order chi connectivity index (χ1) is 17.3. The fraction of sp³-hybridized carbons (Fsp3) is 0.692. The zero-order chi connectivity index (χ0) is 25.3. The molecule has 8 nitrogen and oxygen atoms in total. The molecule has 10 heteroatoms. The molecule has 5 aliphatic rings. The third-order valence-corrected chi connectivity index (χ3v) is 8.81. The Bertz CT molecular complexity index is 980. The molecule has 198 valence electrons. The van der Waals surface area contributed by atoms with Gasteiger partial charge in [-0.25, -0.2) is 4.39 Å². The van der Waals surface area contributed by atoms with E-state index in [4.69, 9.17) is 21.2 Å². The quantitative estimate of drug-likeness (QED) is 0.507. The molecule has 36 heavy (non-hydrogen) atoms. The van der Waals surface area contributed by atoms with Crippen LogP contribution >= 0.6 is 11.6 Å². The molecule has 0 radical (unpaired) electrons. The van der Waals surface area contributed by atoms with Crippen LogP contribution in [-0.4, -0.2) is 64.5 Å². The van der Waals surface area contributed by atoms with Gasteiger partial charge in [-0.1, -0.05) is 30.9 Å². The van der Waals surface area contributed by atoms with E-state index in [2.05, 4.69) is 10.6 Å². The van der Waals surface area contributed by atoms with Crippen LogP contribution in [0.25, 0.3) is 0 Å². The molecular formula is C26H35ClFN3O5. The summed E-state index contributed by atoms with van der Waals surface area (Å²) in [5.74, 6) is -0.888. The zero-order valence-electron chi connectivity index (χ0n) is 20.4. The predicted molar refractivity (Wildman–Crippen MR) is 131 cm³/mol. The van der Waals surface area contributed by atoms with Gasteiger partial charge in [-0.2, -0.15) is 5.06 Å². The van der Waals surface area contributed by atoms with E-state index in [1.807, 2.05) is 5.06 Å². The Labute approximate surface area is 215 Å². The van der Waals surface area contributed by atoms with E-state index in [0.717, 1.165) is 25.5 Å². The third-order valence-electron chi connectivity index (χ3n) is 8.51. The van der Waals surface area contributed by atoms with Gasteiger partial charge in [-0.05, 0) is 63.5 Å². The number of hydroxylamine groups is 2. The number of amides is 2. The lowest BCUT2D eigenvalue weighted by molar-refractivity contribution is -0.187. The Hall–Kier alpha value is -1.94. The smallest absolute Gasteiger partial charge is 0.258 e. The number of benzene rings is 1. The SMILES string of the molecule is O=C(COc1ccc(Cl)c(F)c1)NC12CCC(NC(=O)C3CCN(C4CCCCC4)O3)(CC1)C(O)C2. The van der Waals surface area contributed by atoms with Crippen molar-refractivity contribution in [2.45, 2.75) is 100.0 Å². The van der Waals surface area contributed by atoms with Crippen LogP contribution in [0.3, 0.4) is 0 Å². The second-order valence-corrected chi connectivity index (χ2v) is 11.3. The van der Waals surface area contributed by atoms with Gasteiger partial charge in [0.2, 0.25) is 0 Å². The topological polar surface area (TPSA) is 100 Å². The molecule has 5 fully saturated rings. The van der Waals surface area contributed by atoms with Crippen molar-refractivity contribution in [1.82, 2.24) is 15.7 Å². The molecule has 0 spiro atoms. The summed E-state index contributed by atoms with van der Waals surface area (Å²) in [7, 11) is 0. The number of nitrogens with zero attached hydrogens (tertiary/aromatic N) is 1. The third kappa shape index (κ3) is 5.35. The molecule has 1 aromatic carbocycles. The summed E-state index contributed by atoms with van der Waals surface area (Å²) in [6, 6.07) is 4.41. The molecule has 6 rings (SSSR count). The highest BCUT2D eigenvalue weighted by Gasteiger charge is 2.56. The molecule has 2 amide bonds. The summed E-state index contributed by atoms with van der Waals surface area (Å²) in [6.07, 6.45) is 8.08. The average molecular weight is 524 g/mol. The van der Waals surface area contributed by atoms with Crippen molar-refractivity contribution >= 4 is 23.4 Å². The Kier molecular flexibility index (Phi) is 7.45. The van der Waals surface area contributed by atoms with Gasteiger partial charge in [0.15, 0.2) is 12.7 Å². The molecule has 3 N–H and O–H groups in total. The fourth-order valence-corrected chi connectivity index (χ4v) is 6.48. The Morgan fingerprint density at radius 1 is 1.14 bits per heavy atom. The van der Waals surface area contributed by atoms with Crippen LogP contribution < -0.4 is 15.4 Å². The van der Waals surface area contributed by atoms with Gasteiger partial charge < -0.3 is 20.5 Å². The van der Waals surface area contributed by atoms with E-state index >= 15 is 0 Å². The van der Waals surface area contributed by atoms with Crippen LogP contribution in [0.4, 0.5) is 4.39 Å². The fourth-order valence-electron chi connectivity index (χ4n) is 6.37. The number of ether oxygens (including phenoxy) is 1. The van der Waals surface area contributed by atoms with Crippen molar-refractivity contribution in [2.24, 2.45) is 0 Å². The lowest BCUT2D eigenvalue weighted by atomic mass is 9.60. The standard InChI is InChI=1S/C26H35ClFN3O5/c27-19-7-6-18(14-20(19)28)35-16-23(33)29-25-9-11-26(12-10-25,22(32)15-25)30-24(34)21-8-13-31(36-21)17-4-2-1-3-5-17/h6-7,14,17,21-22,32H,1-5,8-13,15-16H2,(H,29,33)(H,30,34). The van der Waals surface area contributed by atoms with Crippen LogP contribution in [0.15, 0.2) is 18.2 Å². The number of aliphatic hydroxyl groups excluding tert-OH is 1. The second-order valence-electron chi connectivity index (χ2n) is 10.9. The summed E-state index contributed by atoms with van der Waals surface area (Å²) in [4.78, 5) is 31.7. The lowest BCUT2D eigenvalue weighted by Gasteiger charge is -2.56. The van der Waals surface area contributed by atoms with Crippen LogP contribution in [0.2, 0.25) is 5.02 Å². The van der Waals surface area contributed by atoms with Gasteiger partial charge in [-0.3, -0.25) is 14.4 Å². The van der Waals surface area contributed by atoms with Crippen LogP contribution in [0.1, 0.15) is 70.6 Å². The molecule has 4 saturated carbocycles. The summed E-state index contributed by atoms with van der Waals surface area (Å²) in [5, 5.41) is 19.2. The van der Waals surface area contributed by atoms with Crippen LogP contribution in [0, 0.1) is 5.82 Å². The maximum absolute atomic E-state index is 13.6. The average Bonchev–Trinajstić information content (AvgIpc) is 3.37. The minimum absolute atomic E-state index is 0.0132. The van der Waals surface area contributed by atoms with E-state index < -0.39 is 29.1 Å². The number of hydrogen-bond donors (Lipinski definition) is 3. The van der Waals surface area contributed by atoms with Gasteiger partial charge in [0.1, 0.15) is 11.6 Å². The number of fused-ring (bicyclic) bond motifs is 3. The molecule has 0 aromatic heterocycles. The number of carbonyl (C=O) groups excluding carboxylic acids is 2. The number of aliphatic hydroxyl groups is 1. The van der Waals surface area contributed by atoms with E-state index in [1.54, 1.807) is 0 Å². The van der Waals surface area contributed by atoms with Gasteiger partial charge in [-0.15, -0.1) is 0 Å². The Morgan fingerprint density at radius 3 is 2.58 bits per heavy atom. The Morgan fingerprint density at radius 2 is 1.89 bits per heavy atom. The normalized spacial score (nSPS) is 32.9. The maximum Gasteiger partial charge on any atom is 0.258 e. The summed E-state index contributed by atoms with van der Waals surface area (Å²) in [5.41, 5.74) is -1.23. The predicted octanol–water partition coefficient (Wildman–Crippen LogP) is 3.25. The Balaban J connectivity index is 1.12. The maximum atomic E-state index is 13.6. The van der Waals surface area contributed by atoms with Crippen molar-refractivity contribution < 1.29 is 28.7 Å². The number of hydrogen-bond acceptors (Lipinski definition) is 6. The van der Waals surface area contributed by atoms with Crippen LogP contribution in [0.5, 0.6) is 5.75 Å². The molecule has 2 bridgehead atoms. The first-order valence-corrected chi connectivity index (χ1v) is 13.5. The summed E-state index contributed by atoms with van der Waals surface area (Å²) < 4.78 is 19.0. The van der Waals surface area contributed by atoms with Crippen LogP contribution in [-0.2, 0) is 14.4 Å². The molecular weight excluding hydrogens is 489 g/mol. The second kappa shape index (κ2) is 10.4. The molecule has 1 aliphatic heterocycles. The zero-order valence-corrected chi connectivity index (χ0v) is 21.2. The summed E-state index contributed by atoms with van der Waals surface area (Å²) in [6.45, 7) is 0.496. The van der Waals surface area contributed by atoms with Crippen molar-refractivity contribution in [2.75, 3.05) is 13.2 Å². The molecule has 2 atom stereocenters. The lowest BCUT2D eigenvalue weighted by Crippen LogP contribution is -2.71. The number of carbonyl (C=O) groups is 2. The van der Waals surface area contributed by atoms with Gasteiger partial charge in [0.05, 0.1) is 16.7 Å². The molecule has 2 unspecified atom stereocenters. The van der Waals surface area contributed by atoms with Crippen molar-refractivity contribution in [1.29, 1.82) is 0 Å². The molecule has 1 heterocycles. The highest BCUT2D eigenvalue weighted by molar-refractivity contribution is 6.30. The van der Waals surface area contributed by atoms with Gasteiger partial charge >= 0.3 is 0 Å². The van der Waals surface area contributed by atoms with Crippen molar-refractivity contribution in [3.05, 3.63) is 29.0 Å². The van der Waals surface area contributed by atoms with E-state index in [0.29, 0.717) is 44.6 Å². The molecule has 1 aromatic rings. The molecule has 1 saturated heterocycles.